The Morgan fingerprint density at radius 2 is 1.87 bits per heavy atom. The summed E-state index contributed by atoms with van der Waals surface area (Å²) in [5, 5.41) is 3.68. The Labute approximate surface area is 94.4 Å². The molecule has 2 atom stereocenters. The Balaban J connectivity index is 1.58. The lowest BCUT2D eigenvalue weighted by Gasteiger charge is -2.26. The fourth-order valence-electron chi connectivity index (χ4n) is 2.29. The molecule has 1 N–H and O–H groups in total. The Bertz CT molecular complexity index is 197. The third kappa shape index (κ3) is 3.76. The predicted octanol–water partition coefficient (Wildman–Crippen LogP) is 2.25. The van der Waals surface area contributed by atoms with Gasteiger partial charge in [0, 0.05) is 24.7 Å². The maximum absolute atomic E-state index is 3.68. The van der Waals surface area contributed by atoms with Crippen LogP contribution in [0.25, 0.3) is 0 Å². The molecular weight excluding hydrogens is 184 g/mol. The van der Waals surface area contributed by atoms with Crippen LogP contribution in [0.5, 0.6) is 0 Å². The Kier molecular flexibility index (Phi) is 3.68. The van der Waals surface area contributed by atoms with Crippen LogP contribution in [-0.2, 0) is 0 Å². The fraction of sp³-hybridized carbons (Fsp3) is 1.00. The van der Waals surface area contributed by atoms with Gasteiger partial charge in [0.25, 0.3) is 0 Å². The highest BCUT2D eigenvalue weighted by atomic mass is 15.2. The van der Waals surface area contributed by atoms with Crippen molar-refractivity contribution in [1.82, 2.24) is 10.2 Å². The molecule has 2 fully saturated rings. The van der Waals surface area contributed by atoms with Crippen molar-refractivity contribution in [3.05, 3.63) is 0 Å². The van der Waals surface area contributed by atoms with Crippen LogP contribution in [0.1, 0.15) is 46.0 Å². The average Bonchev–Trinajstić information content (AvgIpc) is 3.03. The molecule has 0 heterocycles. The first-order valence-electron chi connectivity index (χ1n) is 6.62. The number of rotatable bonds is 7. The van der Waals surface area contributed by atoms with Crippen LogP contribution in [0.3, 0.4) is 0 Å². The van der Waals surface area contributed by atoms with Crippen molar-refractivity contribution in [3.8, 4) is 0 Å². The Morgan fingerprint density at radius 1 is 1.20 bits per heavy atom. The Hall–Kier alpha value is -0.0800. The monoisotopic (exact) mass is 210 g/mol. The standard InChI is InChI=1S/C13H26N2/c1-10(8-12-4-5-12)14-9-11(2)15(3)13-6-7-13/h10-14H,4-9H2,1-3H3. The topological polar surface area (TPSA) is 15.3 Å². The SMILES string of the molecule is CC(CC1CC1)NCC(C)N(C)C1CC1. The van der Waals surface area contributed by atoms with Crippen LogP contribution in [-0.4, -0.2) is 36.6 Å². The predicted molar refractivity (Wildman–Crippen MR) is 65.1 cm³/mol. The van der Waals surface area contributed by atoms with E-state index in [1.165, 1.54) is 32.1 Å². The zero-order chi connectivity index (χ0) is 10.8. The van der Waals surface area contributed by atoms with Crippen molar-refractivity contribution in [2.45, 2.75) is 64.1 Å². The zero-order valence-electron chi connectivity index (χ0n) is 10.5. The molecule has 2 saturated carbocycles. The van der Waals surface area contributed by atoms with E-state index in [0.717, 1.165) is 18.5 Å². The maximum Gasteiger partial charge on any atom is 0.0192 e. The summed E-state index contributed by atoms with van der Waals surface area (Å²) in [6.45, 7) is 5.83. The molecule has 2 heteroatoms. The molecule has 88 valence electrons. The smallest absolute Gasteiger partial charge is 0.0192 e. The number of hydrogen-bond acceptors (Lipinski definition) is 2. The van der Waals surface area contributed by atoms with Crippen LogP contribution in [0.2, 0.25) is 0 Å². The van der Waals surface area contributed by atoms with E-state index in [1.807, 2.05) is 0 Å². The van der Waals surface area contributed by atoms with E-state index in [0.29, 0.717) is 12.1 Å². The van der Waals surface area contributed by atoms with Gasteiger partial charge in [0.05, 0.1) is 0 Å². The summed E-state index contributed by atoms with van der Waals surface area (Å²) >= 11 is 0. The molecule has 0 spiro atoms. The maximum atomic E-state index is 3.68. The van der Waals surface area contributed by atoms with E-state index >= 15 is 0 Å². The molecule has 2 aliphatic rings. The van der Waals surface area contributed by atoms with E-state index < -0.39 is 0 Å². The molecule has 2 aliphatic carbocycles. The molecule has 2 unspecified atom stereocenters. The van der Waals surface area contributed by atoms with E-state index in [1.54, 1.807) is 0 Å². The van der Waals surface area contributed by atoms with Gasteiger partial charge in [-0.15, -0.1) is 0 Å². The first-order valence-corrected chi connectivity index (χ1v) is 6.62. The summed E-state index contributed by atoms with van der Waals surface area (Å²) in [5.74, 6) is 1.05. The molecule has 0 aliphatic heterocycles. The molecule has 0 aromatic carbocycles. The minimum Gasteiger partial charge on any atom is -0.313 e. The third-order valence-electron chi connectivity index (χ3n) is 3.96. The minimum absolute atomic E-state index is 0.694. The van der Waals surface area contributed by atoms with Gasteiger partial charge < -0.3 is 5.32 Å². The van der Waals surface area contributed by atoms with Crippen molar-refractivity contribution in [1.29, 1.82) is 0 Å². The quantitative estimate of drug-likeness (QED) is 0.693. The van der Waals surface area contributed by atoms with Crippen molar-refractivity contribution < 1.29 is 0 Å². The number of likely N-dealkylation sites (N-methyl/N-ethyl adjacent to an activating group) is 1. The van der Waals surface area contributed by atoms with Gasteiger partial charge in [-0.05, 0) is 46.1 Å². The van der Waals surface area contributed by atoms with Gasteiger partial charge in [0.2, 0.25) is 0 Å². The molecule has 0 saturated heterocycles. The lowest BCUT2D eigenvalue weighted by Crippen LogP contribution is -2.42. The molecule has 0 radical (unpaired) electrons. The van der Waals surface area contributed by atoms with E-state index in [9.17, 15) is 0 Å². The molecule has 2 rings (SSSR count). The lowest BCUT2D eigenvalue weighted by atomic mass is 10.1. The second kappa shape index (κ2) is 4.84. The van der Waals surface area contributed by atoms with Crippen molar-refractivity contribution in [2.75, 3.05) is 13.6 Å². The van der Waals surface area contributed by atoms with Gasteiger partial charge in [0.15, 0.2) is 0 Å². The first kappa shape index (κ1) is 11.4. The van der Waals surface area contributed by atoms with Gasteiger partial charge in [-0.1, -0.05) is 12.8 Å². The molecule has 0 amide bonds. The van der Waals surface area contributed by atoms with Crippen molar-refractivity contribution >= 4 is 0 Å². The molecule has 0 aromatic heterocycles. The van der Waals surface area contributed by atoms with Crippen LogP contribution in [0.4, 0.5) is 0 Å². The summed E-state index contributed by atoms with van der Waals surface area (Å²) in [7, 11) is 2.27. The minimum atomic E-state index is 0.694. The van der Waals surface area contributed by atoms with E-state index in [-0.39, 0.29) is 0 Å². The van der Waals surface area contributed by atoms with Crippen LogP contribution in [0, 0.1) is 5.92 Å². The van der Waals surface area contributed by atoms with Gasteiger partial charge in [0.1, 0.15) is 0 Å². The molecule has 15 heavy (non-hydrogen) atoms. The highest BCUT2D eigenvalue weighted by Crippen LogP contribution is 2.33. The van der Waals surface area contributed by atoms with Gasteiger partial charge in [-0.25, -0.2) is 0 Å². The summed E-state index contributed by atoms with van der Waals surface area (Å²) < 4.78 is 0. The van der Waals surface area contributed by atoms with Gasteiger partial charge >= 0.3 is 0 Å². The number of hydrogen-bond donors (Lipinski definition) is 1. The van der Waals surface area contributed by atoms with E-state index in [2.05, 4.69) is 31.1 Å². The highest BCUT2D eigenvalue weighted by Gasteiger charge is 2.29. The molecule has 0 bridgehead atoms. The van der Waals surface area contributed by atoms with Crippen molar-refractivity contribution in [3.63, 3.8) is 0 Å². The third-order valence-corrected chi connectivity index (χ3v) is 3.96. The van der Waals surface area contributed by atoms with Gasteiger partial charge in [-0.3, -0.25) is 4.90 Å². The number of nitrogens with one attached hydrogen (secondary N) is 1. The summed E-state index contributed by atoms with van der Waals surface area (Å²) in [5.41, 5.74) is 0. The van der Waals surface area contributed by atoms with E-state index in [4.69, 9.17) is 0 Å². The summed E-state index contributed by atoms with van der Waals surface area (Å²) in [6, 6.07) is 2.30. The fourth-order valence-corrected chi connectivity index (χ4v) is 2.29. The van der Waals surface area contributed by atoms with Gasteiger partial charge in [-0.2, -0.15) is 0 Å². The van der Waals surface area contributed by atoms with Crippen LogP contribution >= 0.6 is 0 Å². The lowest BCUT2D eigenvalue weighted by molar-refractivity contribution is 0.235. The first-order chi connectivity index (χ1) is 7.16. The molecule has 2 nitrogen and oxygen atoms in total. The largest absolute Gasteiger partial charge is 0.313 e. The second-order valence-corrected chi connectivity index (χ2v) is 5.73. The highest BCUT2D eigenvalue weighted by molar-refractivity contribution is 4.86. The summed E-state index contributed by atoms with van der Waals surface area (Å²) in [6.07, 6.45) is 7.17. The van der Waals surface area contributed by atoms with Crippen LogP contribution in [0.15, 0.2) is 0 Å². The summed E-state index contributed by atoms with van der Waals surface area (Å²) in [4.78, 5) is 2.54. The number of nitrogens with zero attached hydrogens (tertiary/aromatic N) is 1. The second-order valence-electron chi connectivity index (χ2n) is 5.73. The zero-order valence-corrected chi connectivity index (χ0v) is 10.5. The average molecular weight is 210 g/mol. The van der Waals surface area contributed by atoms with Crippen LogP contribution < -0.4 is 5.32 Å². The van der Waals surface area contributed by atoms with Crippen molar-refractivity contribution in [2.24, 2.45) is 5.92 Å². The molecule has 0 aromatic rings. The Morgan fingerprint density at radius 3 is 2.40 bits per heavy atom. The normalized spacial score (nSPS) is 25.6. The molecular formula is C13H26N2.